The van der Waals surface area contributed by atoms with E-state index in [9.17, 15) is 0 Å². The Morgan fingerprint density at radius 1 is 1.29 bits per heavy atom. The van der Waals surface area contributed by atoms with Crippen molar-refractivity contribution in [2.24, 2.45) is 5.92 Å². The molecule has 21 heavy (non-hydrogen) atoms. The van der Waals surface area contributed by atoms with Crippen molar-refractivity contribution in [2.75, 3.05) is 19.6 Å². The van der Waals surface area contributed by atoms with Crippen molar-refractivity contribution in [3.8, 4) is 0 Å². The summed E-state index contributed by atoms with van der Waals surface area (Å²) in [7, 11) is 0. The van der Waals surface area contributed by atoms with E-state index in [2.05, 4.69) is 55.3 Å². The zero-order valence-corrected chi connectivity index (χ0v) is 13.8. The van der Waals surface area contributed by atoms with Crippen LogP contribution in [0.2, 0.25) is 0 Å². The average Bonchev–Trinajstić information content (AvgIpc) is 2.47. The first-order valence-electron chi connectivity index (χ1n) is 8.70. The third-order valence-electron chi connectivity index (χ3n) is 5.37. The van der Waals surface area contributed by atoms with Gasteiger partial charge >= 0.3 is 0 Å². The summed E-state index contributed by atoms with van der Waals surface area (Å²) in [4.78, 5) is 2.76. The Labute approximate surface area is 129 Å². The maximum absolute atomic E-state index is 3.66. The average molecular weight is 286 g/mol. The molecule has 0 spiro atoms. The summed E-state index contributed by atoms with van der Waals surface area (Å²) in [5, 5.41) is 3.66. The fourth-order valence-corrected chi connectivity index (χ4v) is 4.20. The molecule has 0 saturated carbocycles. The summed E-state index contributed by atoms with van der Waals surface area (Å²) < 4.78 is 0. The molecular weight excluding hydrogens is 256 g/mol. The summed E-state index contributed by atoms with van der Waals surface area (Å²) in [5.41, 5.74) is 3.22. The van der Waals surface area contributed by atoms with Gasteiger partial charge in [0.2, 0.25) is 0 Å². The predicted octanol–water partition coefficient (Wildman–Crippen LogP) is 3.42. The van der Waals surface area contributed by atoms with Gasteiger partial charge in [-0.15, -0.1) is 0 Å². The molecule has 2 heteroatoms. The molecule has 1 N–H and O–H groups in total. The smallest absolute Gasteiger partial charge is 0.0244 e. The van der Waals surface area contributed by atoms with Gasteiger partial charge in [0.15, 0.2) is 0 Å². The molecule has 1 aromatic carbocycles. The van der Waals surface area contributed by atoms with Crippen LogP contribution in [0.3, 0.4) is 0 Å². The molecule has 3 atom stereocenters. The van der Waals surface area contributed by atoms with Crippen LogP contribution in [-0.4, -0.2) is 36.6 Å². The molecule has 0 aromatic heterocycles. The summed E-state index contributed by atoms with van der Waals surface area (Å²) in [6.07, 6.45) is 3.99. The molecule has 1 heterocycles. The Morgan fingerprint density at radius 3 is 2.90 bits per heavy atom. The molecule has 116 valence electrons. The second-order valence-corrected chi connectivity index (χ2v) is 7.36. The Balaban J connectivity index is 1.76. The van der Waals surface area contributed by atoms with Gasteiger partial charge in [-0.2, -0.15) is 0 Å². The number of hydrogen-bond acceptors (Lipinski definition) is 2. The Bertz CT molecular complexity index is 468. The second-order valence-electron chi connectivity index (χ2n) is 7.36. The molecule has 2 aliphatic rings. The van der Waals surface area contributed by atoms with Gasteiger partial charge in [-0.05, 0) is 49.1 Å². The van der Waals surface area contributed by atoms with Crippen LogP contribution in [0.4, 0.5) is 0 Å². The maximum Gasteiger partial charge on any atom is 0.0244 e. The quantitative estimate of drug-likeness (QED) is 0.916. The number of rotatable bonds is 3. The van der Waals surface area contributed by atoms with Crippen molar-refractivity contribution in [1.29, 1.82) is 0 Å². The molecule has 0 radical (unpaired) electrons. The van der Waals surface area contributed by atoms with Crippen LogP contribution in [0.15, 0.2) is 24.3 Å². The van der Waals surface area contributed by atoms with Gasteiger partial charge < -0.3 is 5.32 Å². The largest absolute Gasteiger partial charge is 0.311 e. The third-order valence-corrected chi connectivity index (χ3v) is 5.37. The number of benzene rings is 1. The normalized spacial score (nSPS) is 30.4. The first-order chi connectivity index (χ1) is 10.1. The molecule has 3 unspecified atom stereocenters. The van der Waals surface area contributed by atoms with Crippen LogP contribution in [0, 0.1) is 5.92 Å². The lowest BCUT2D eigenvalue weighted by Crippen LogP contribution is -2.58. The summed E-state index contributed by atoms with van der Waals surface area (Å²) in [6, 6.07) is 10.4. The first-order valence-corrected chi connectivity index (χ1v) is 8.70. The van der Waals surface area contributed by atoms with Crippen molar-refractivity contribution in [1.82, 2.24) is 10.2 Å². The Morgan fingerprint density at radius 2 is 2.10 bits per heavy atom. The van der Waals surface area contributed by atoms with E-state index < -0.39 is 0 Å². The molecule has 0 amide bonds. The highest BCUT2D eigenvalue weighted by molar-refractivity contribution is 5.32. The van der Waals surface area contributed by atoms with E-state index in [1.54, 1.807) is 11.1 Å². The fourth-order valence-electron chi connectivity index (χ4n) is 4.20. The summed E-state index contributed by atoms with van der Waals surface area (Å²) >= 11 is 0. The summed E-state index contributed by atoms with van der Waals surface area (Å²) in [6.45, 7) is 10.6. The van der Waals surface area contributed by atoms with Crippen LogP contribution in [0.5, 0.6) is 0 Å². The lowest BCUT2D eigenvalue weighted by Gasteiger charge is -2.43. The van der Waals surface area contributed by atoms with Gasteiger partial charge in [-0.1, -0.05) is 38.1 Å². The number of nitrogens with zero attached hydrogens (tertiary/aromatic N) is 1. The van der Waals surface area contributed by atoms with Gasteiger partial charge in [0.1, 0.15) is 0 Å². The van der Waals surface area contributed by atoms with Gasteiger partial charge in [0, 0.05) is 31.7 Å². The lowest BCUT2D eigenvalue weighted by atomic mass is 9.82. The van der Waals surface area contributed by atoms with Crippen molar-refractivity contribution in [3.05, 3.63) is 35.4 Å². The highest BCUT2D eigenvalue weighted by Gasteiger charge is 2.31. The maximum atomic E-state index is 3.66. The number of nitrogens with one attached hydrogen (secondary N) is 1. The minimum Gasteiger partial charge on any atom is -0.311 e. The van der Waals surface area contributed by atoms with Crippen LogP contribution in [-0.2, 0) is 6.42 Å². The van der Waals surface area contributed by atoms with Crippen molar-refractivity contribution in [3.63, 3.8) is 0 Å². The van der Waals surface area contributed by atoms with E-state index in [-0.39, 0.29) is 0 Å². The summed E-state index contributed by atoms with van der Waals surface area (Å²) in [5.74, 6) is 1.46. The van der Waals surface area contributed by atoms with Gasteiger partial charge in [0.05, 0.1) is 0 Å². The molecule has 0 bridgehead atoms. The molecular formula is C19H30N2. The van der Waals surface area contributed by atoms with E-state index in [1.165, 1.54) is 32.4 Å². The van der Waals surface area contributed by atoms with E-state index in [1.807, 2.05) is 0 Å². The van der Waals surface area contributed by atoms with Crippen LogP contribution < -0.4 is 5.32 Å². The monoisotopic (exact) mass is 286 g/mol. The van der Waals surface area contributed by atoms with Crippen LogP contribution >= 0.6 is 0 Å². The van der Waals surface area contributed by atoms with Gasteiger partial charge in [-0.25, -0.2) is 0 Å². The molecule has 3 rings (SSSR count). The standard InChI is InChI=1S/C19H30N2/c1-14(2)19-11-20-15(3)12-21(19)13-17-9-6-8-16-7-4-5-10-18(16)17/h4-5,7,10,14-15,17,19-20H,6,8-9,11-13H2,1-3H3. The van der Waals surface area contributed by atoms with E-state index in [4.69, 9.17) is 0 Å². The SMILES string of the molecule is CC1CN(CC2CCCc3ccccc32)C(C(C)C)CN1. The molecule has 2 nitrogen and oxygen atoms in total. The minimum atomic E-state index is 0.624. The lowest BCUT2D eigenvalue weighted by molar-refractivity contribution is 0.0936. The van der Waals surface area contributed by atoms with E-state index >= 15 is 0 Å². The van der Waals surface area contributed by atoms with Crippen molar-refractivity contribution < 1.29 is 0 Å². The predicted molar refractivity (Wildman–Crippen MR) is 89.8 cm³/mol. The zero-order chi connectivity index (χ0) is 14.8. The Hall–Kier alpha value is -0.860. The highest BCUT2D eigenvalue weighted by atomic mass is 15.2. The molecule has 1 fully saturated rings. The molecule has 1 aromatic rings. The van der Waals surface area contributed by atoms with E-state index in [0.717, 1.165) is 18.4 Å². The molecule has 1 aliphatic carbocycles. The number of aryl methyl sites for hydroxylation is 1. The first kappa shape index (κ1) is 15.1. The third kappa shape index (κ3) is 3.32. The number of fused-ring (bicyclic) bond motifs is 1. The molecule has 1 aliphatic heterocycles. The van der Waals surface area contributed by atoms with E-state index in [0.29, 0.717) is 12.1 Å². The number of hydrogen-bond donors (Lipinski definition) is 1. The second kappa shape index (κ2) is 6.50. The highest BCUT2D eigenvalue weighted by Crippen LogP contribution is 2.33. The topological polar surface area (TPSA) is 15.3 Å². The zero-order valence-electron chi connectivity index (χ0n) is 13.8. The Kier molecular flexibility index (Phi) is 4.66. The van der Waals surface area contributed by atoms with Crippen LogP contribution in [0.25, 0.3) is 0 Å². The molecule has 1 saturated heterocycles. The van der Waals surface area contributed by atoms with Gasteiger partial charge in [-0.3, -0.25) is 4.90 Å². The minimum absolute atomic E-state index is 0.624. The number of piperazine rings is 1. The van der Waals surface area contributed by atoms with Crippen molar-refractivity contribution in [2.45, 2.75) is 58.0 Å². The van der Waals surface area contributed by atoms with Crippen LogP contribution in [0.1, 0.15) is 50.7 Å². The van der Waals surface area contributed by atoms with Crippen molar-refractivity contribution >= 4 is 0 Å². The fraction of sp³-hybridized carbons (Fsp3) is 0.684. The van der Waals surface area contributed by atoms with Gasteiger partial charge in [0.25, 0.3) is 0 Å².